The molecule has 5 heteroatoms. The Hall–Kier alpha value is -3.08. The van der Waals surface area contributed by atoms with E-state index in [-0.39, 0.29) is 6.04 Å². The summed E-state index contributed by atoms with van der Waals surface area (Å²) < 4.78 is 0. The van der Waals surface area contributed by atoms with Gasteiger partial charge in [0, 0.05) is 12.5 Å². The summed E-state index contributed by atoms with van der Waals surface area (Å²) in [6.45, 7) is 2.23. The van der Waals surface area contributed by atoms with Gasteiger partial charge in [-0.15, -0.1) is 0 Å². The van der Waals surface area contributed by atoms with Crippen molar-refractivity contribution < 1.29 is 14.7 Å². The Labute approximate surface area is 204 Å². The number of hydrogen-bond acceptors (Lipinski definition) is 2. The smallest absolute Gasteiger partial charge is 0.327 e. The van der Waals surface area contributed by atoms with E-state index in [4.69, 9.17) is 5.11 Å². The molecule has 184 valence electrons. The minimum absolute atomic E-state index is 0.189. The van der Waals surface area contributed by atoms with Crippen molar-refractivity contribution in [2.45, 2.75) is 77.2 Å². The molecule has 0 saturated carbocycles. The van der Waals surface area contributed by atoms with Gasteiger partial charge >= 0.3 is 5.97 Å². The van der Waals surface area contributed by atoms with Crippen LogP contribution in [0.1, 0.15) is 75.8 Å². The van der Waals surface area contributed by atoms with Gasteiger partial charge < -0.3 is 20.2 Å². The topological polar surface area (TPSA) is 84.3 Å². The van der Waals surface area contributed by atoms with Crippen molar-refractivity contribution in [3.05, 3.63) is 77.3 Å². The van der Waals surface area contributed by atoms with Crippen LogP contribution in [0.2, 0.25) is 0 Å². The summed E-state index contributed by atoms with van der Waals surface area (Å²) in [7, 11) is 0. The molecule has 1 aromatic heterocycles. The van der Waals surface area contributed by atoms with Crippen LogP contribution in [0.4, 0.5) is 5.82 Å². The van der Waals surface area contributed by atoms with Crippen molar-refractivity contribution in [3.8, 4) is 0 Å². The number of carbonyl (C=O) groups is 2. The van der Waals surface area contributed by atoms with E-state index in [2.05, 4.69) is 41.5 Å². The van der Waals surface area contributed by atoms with Gasteiger partial charge in [0.25, 0.3) is 0 Å². The molecule has 0 aliphatic heterocycles. The molecular formula is C29H39N2O3-. The Bertz CT molecular complexity index is 887. The number of unbranched alkanes of at least 4 members (excludes halogenated alkanes) is 5. The highest BCUT2D eigenvalue weighted by atomic mass is 16.4. The van der Waals surface area contributed by atoms with Crippen molar-refractivity contribution in [1.29, 1.82) is 0 Å². The Morgan fingerprint density at radius 1 is 1.03 bits per heavy atom. The number of nitrogens with zero attached hydrogens (tertiary/aromatic N) is 1. The maximum Gasteiger partial charge on any atom is 0.327 e. The summed E-state index contributed by atoms with van der Waals surface area (Å²) in [6, 6.07) is 11.7. The molecule has 0 aliphatic rings. The van der Waals surface area contributed by atoms with Gasteiger partial charge in [0.1, 0.15) is 6.29 Å². The van der Waals surface area contributed by atoms with Gasteiger partial charge in [0.05, 0.1) is 0 Å². The largest absolute Gasteiger partial charge is 0.478 e. The van der Waals surface area contributed by atoms with Crippen LogP contribution in [0.15, 0.2) is 60.8 Å². The summed E-state index contributed by atoms with van der Waals surface area (Å²) in [5.41, 5.74) is 2.12. The number of aldehydes is 1. The normalized spacial score (nSPS) is 13.3. The van der Waals surface area contributed by atoms with Gasteiger partial charge in [-0.25, -0.2) is 4.79 Å². The van der Waals surface area contributed by atoms with Crippen LogP contribution in [0, 0.1) is 5.92 Å². The van der Waals surface area contributed by atoms with Crippen LogP contribution in [-0.4, -0.2) is 28.4 Å². The fraction of sp³-hybridized carbons (Fsp3) is 0.448. The maximum atomic E-state index is 11.1. The number of hydrogen-bond donors (Lipinski definition) is 2. The van der Waals surface area contributed by atoms with Crippen LogP contribution in [0.25, 0.3) is 11.4 Å². The van der Waals surface area contributed by atoms with Crippen LogP contribution in [0.3, 0.4) is 0 Å². The lowest BCUT2D eigenvalue weighted by Gasteiger charge is -2.23. The molecule has 0 spiro atoms. The number of aromatic nitrogens is 1. The SMILES string of the molecule is CCCCCCCCC(C=Cc1cccc(CC=O)c1)CCC(C=CC(=O)O)[N-]c1ccc[nH]1. The highest BCUT2D eigenvalue weighted by Gasteiger charge is 2.09. The molecule has 0 aliphatic carbocycles. The van der Waals surface area contributed by atoms with Crippen molar-refractivity contribution in [1.82, 2.24) is 4.98 Å². The van der Waals surface area contributed by atoms with Gasteiger partial charge in [-0.05, 0) is 42.3 Å². The quantitative estimate of drug-likeness (QED) is 0.135. The molecule has 0 saturated heterocycles. The highest BCUT2D eigenvalue weighted by molar-refractivity contribution is 5.80. The molecule has 0 amide bonds. The van der Waals surface area contributed by atoms with E-state index in [9.17, 15) is 9.59 Å². The summed E-state index contributed by atoms with van der Waals surface area (Å²) in [5, 5.41) is 13.8. The number of nitrogens with one attached hydrogen (secondary N) is 1. The zero-order valence-electron chi connectivity index (χ0n) is 20.4. The van der Waals surface area contributed by atoms with E-state index in [0.29, 0.717) is 12.3 Å². The molecule has 34 heavy (non-hydrogen) atoms. The molecule has 2 aromatic rings. The molecule has 0 radical (unpaired) electrons. The molecule has 2 rings (SSSR count). The van der Waals surface area contributed by atoms with E-state index in [0.717, 1.165) is 42.5 Å². The molecule has 0 bridgehead atoms. The zero-order chi connectivity index (χ0) is 24.4. The van der Waals surface area contributed by atoms with Gasteiger partial charge in [-0.1, -0.05) is 112 Å². The Balaban J connectivity index is 2.02. The molecule has 1 aromatic carbocycles. The summed E-state index contributed by atoms with van der Waals surface area (Å²) in [6.07, 6.45) is 20.9. The average Bonchev–Trinajstić information content (AvgIpc) is 3.34. The summed E-state index contributed by atoms with van der Waals surface area (Å²) in [4.78, 5) is 25.0. The second-order valence-corrected chi connectivity index (χ2v) is 8.82. The highest BCUT2D eigenvalue weighted by Crippen LogP contribution is 2.27. The average molecular weight is 464 g/mol. The van der Waals surface area contributed by atoms with Gasteiger partial charge in [0.2, 0.25) is 0 Å². The molecule has 5 nitrogen and oxygen atoms in total. The van der Waals surface area contributed by atoms with E-state index in [1.165, 1.54) is 44.6 Å². The Morgan fingerprint density at radius 2 is 1.85 bits per heavy atom. The second kappa shape index (κ2) is 16.5. The zero-order valence-corrected chi connectivity index (χ0v) is 20.4. The molecule has 0 fully saturated rings. The Morgan fingerprint density at radius 3 is 2.59 bits per heavy atom. The van der Waals surface area contributed by atoms with Gasteiger partial charge in [-0.2, -0.15) is 0 Å². The van der Waals surface area contributed by atoms with Crippen LogP contribution >= 0.6 is 0 Å². The van der Waals surface area contributed by atoms with Crippen molar-refractivity contribution >= 4 is 24.1 Å². The van der Waals surface area contributed by atoms with Crippen LogP contribution in [-0.2, 0) is 16.0 Å². The van der Waals surface area contributed by atoms with Crippen molar-refractivity contribution in [2.75, 3.05) is 0 Å². The number of aromatic amines is 1. The lowest BCUT2D eigenvalue weighted by atomic mass is 9.92. The number of rotatable bonds is 18. The third-order valence-electron chi connectivity index (χ3n) is 5.94. The van der Waals surface area contributed by atoms with Crippen LogP contribution in [0.5, 0.6) is 0 Å². The first-order chi connectivity index (χ1) is 16.6. The van der Waals surface area contributed by atoms with Crippen LogP contribution < -0.4 is 0 Å². The Kier molecular flexibility index (Phi) is 13.2. The third-order valence-corrected chi connectivity index (χ3v) is 5.94. The number of H-pyrrole nitrogens is 1. The predicted octanol–water partition coefficient (Wildman–Crippen LogP) is 7.63. The van der Waals surface area contributed by atoms with E-state index in [1.807, 2.05) is 30.5 Å². The fourth-order valence-corrected chi connectivity index (χ4v) is 4.05. The monoisotopic (exact) mass is 463 g/mol. The standard InChI is InChI=1S/C29H39N2O3/c1-2-3-4-5-6-7-10-24(14-15-25-11-8-12-26(23-25)20-22-32)16-17-27(18-19-29(33)34)31-28-13-9-21-30-28/h8-9,11-15,18-19,21-24,27,30H,2-7,10,16-17,20H2,1H3,(H,33,34)/q-1. The first-order valence-corrected chi connectivity index (χ1v) is 12.6. The van der Waals surface area contributed by atoms with E-state index in [1.54, 1.807) is 6.08 Å². The van der Waals surface area contributed by atoms with Gasteiger partial charge in [0.15, 0.2) is 0 Å². The molecule has 1 heterocycles. The molecule has 2 atom stereocenters. The first-order valence-electron chi connectivity index (χ1n) is 12.6. The summed E-state index contributed by atoms with van der Waals surface area (Å²) in [5.74, 6) is 0.195. The maximum absolute atomic E-state index is 11.1. The first kappa shape index (κ1) is 27.2. The molecular weight excluding hydrogens is 424 g/mol. The summed E-state index contributed by atoms with van der Waals surface area (Å²) >= 11 is 0. The predicted molar refractivity (Wildman–Crippen MR) is 140 cm³/mol. The van der Waals surface area contributed by atoms with E-state index < -0.39 is 5.97 Å². The fourth-order valence-electron chi connectivity index (χ4n) is 4.05. The second-order valence-electron chi connectivity index (χ2n) is 8.82. The number of carbonyl (C=O) groups excluding carboxylic acids is 1. The third kappa shape index (κ3) is 11.7. The molecule has 2 N–H and O–H groups in total. The minimum atomic E-state index is -0.953. The number of carboxylic acid groups (broad SMARTS) is 1. The van der Waals surface area contributed by atoms with Gasteiger partial charge in [-0.3, -0.25) is 0 Å². The number of carboxylic acids is 1. The number of benzene rings is 1. The lowest BCUT2D eigenvalue weighted by Crippen LogP contribution is -2.07. The van der Waals surface area contributed by atoms with E-state index >= 15 is 0 Å². The molecule has 2 unspecified atom stereocenters. The van der Waals surface area contributed by atoms with Crippen molar-refractivity contribution in [3.63, 3.8) is 0 Å². The van der Waals surface area contributed by atoms with Crippen molar-refractivity contribution in [2.24, 2.45) is 5.92 Å². The lowest BCUT2D eigenvalue weighted by molar-refractivity contribution is -0.131. The number of allylic oxidation sites excluding steroid dienone is 1. The number of aliphatic carboxylic acids is 1. The minimum Gasteiger partial charge on any atom is -0.478 e.